The molecule has 3 heterocycles. The average molecular weight is 359 g/mol. The lowest BCUT2D eigenvalue weighted by Crippen LogP contribution is -2.73. The van der Waals surface area contributed by atoms with Crippen molar-refractivity contribution in [3.63, 3.8) is 0 Å². The predicted molar refractivity (Wildman–Crippen MR) is 96.6 cm³/mol. The number of rotatable bonds is 3. The molecule has 2 saturated heterocycles. The molecule has 1 atom stereocenters. The average Bonchev–Trinajstić information content (AvgIpc) is 2.86. The van der Waals surface area contributed by atoms with E-state index >= 15 is 0 Å². The van der Waals surface area contributed by atoms with Crippen LogP contribution in [0.5, 0.6) is 0 Å². The molecule has 6 heteroatoms. The van der Waals surface area contributed by atoms with Crippen LogP contribution in [0.4, 0.5) is 0 Å². The van der Waals surface area contributed by atoms with Crippen molar-refractivity contribution in [3.05, 3.63) is 17.8 Å². The molecule has 1 aromatic rings. The fourth-order valence-corrected chi connectivity index (χ4v) is 4.19. The lowest BCUT2D eigenvalue weighted by Gasteiger charge is -2.60. The first-order valence-corrected chi connectivity index (χ1v) is 9.52. The Bertz CT molecular complexity index is 745. The van der Waals surface area contributed by atoms with Crippen molar-refractivity contribution in [2.45, 2.75) is 52.9 Å². The van der Waals surface area contributed by atoms with E-state index in [0.717, 1.165) is 19.5 Å². The van der Waals surface area contributed by atoms with Crippen LogP contribution >= 0.6 is 0 Å². The Balaban J connectivity index is 1.26. The van der Waals surface area contributed by atoms with E-state index in [2.05, 4.69) is 18.8 Å². The topological polar surface area (TPSA) is 66.7 Å². The molecule has 1 unspecified atom stereocenters. The summed E-state index contributed by atoms with van der Waals surface area (Å²) in [5, 5.41) is 0. The Morgan fingerprint density at radius 2 is 1.77 bits per heavy atom. The van der Waals surface area contributed by atoms with Crippen LogP contribution in [0.2, 0.25) is 0 Å². The number of hydrogen-bond donors (Lipinski definition) is 0. The zero-order valence-electron chi connectivity index (χ0n) is 16.5. The maximum Gasteiger partial charge on any atom is 0.275 e. The summed E-state index contributed by atoms with van der Waals surface area (Å²) in [6.45, 7) is 13.5. The number of likely N-dealkylation sites (tertiary alicyclic amines) is 2. The van der Waals surface area contributed by atoms with Gasteiger partial charge in [0.1, 0.15) is 6.26 Å². The van der Waals surface area contributed by atoms with Crippen molar-refractivity contribution in [2.75, 3.05) is 26.2 Å². The van der Waals surface area contributed by atoms with Gasteiger partial charge in [0.2, 0.25) is 5.91 Å². The van der Waals surface area contributed by atoms with Crippen molar-refractivity contribution in [1.82, 2.24) is 14.8 Å². The third-order valence-electron chi connectivity index (χ3n) is 6.25. The van der Waals surface area contributed by atoms with Crippen molar-refractivity contribution in [1.29, 1.82) is 0 Å². The number of nitrogens with zero attached hydrogens (tertiary/aromatic N) is 3. The summed E-state index contributed by atoms with van der Waals surface area (Å²) in [6, 6.07) is 0. The molecule has 26 heavy (non-hydrogen) atoms. The number of carbonyl (C=O) groups is 2. The summed E-state index contributed by atoms with van der Waals surface area (Å²) in [6.07, 6.45) is 3.30. The molecule has 6 nitrogen and oxygen atoms in total. The molecule has 0 N–H and O–H groups in total. The van der Waals surface area contributed by atoms with Crippen LogP contribution in [-0.2, 0) is 10.2 Å². The molecular formula is C20H29N3O3. The van der Waals surface area contributed by atoms with Crippen molar-refractivity contribution in [3.8, 4) is 0 Å². The van der Waals surface area contributed by atoms with Gasteiger partial charge in [-0.05, 0) is 17.8 Å². The summed E-state index contributed by atoms with van der Waals surface area (Å²) in [5.41, 5.74) is 0.634. The van der Waals surface area contributed by atoms with E-state index in [1.807, 2.05) is 30.6 Å². The standard InChI is InChI=1S/C20H29N3O3/c1-18(2,3)17-21-14(8-26-17)16(25)23-11-20(12-23)9-22(10-20)15(24)6-13-7-19(13,4)5/h8,13H,6-7,9-12H2,1-5H3. The van der Waals surface area contributed by atoms with E-state index in [4.69, 9.17) is 4.42 Å². The van der Waals surface area contributed by atoms with Crippen molar-refractivity contribution >= 4 is 11.8 Å². The zero-order valence-corrected chi connectivity index (χ0v) is 16.5. The Morgan fingerprint density at radius 3 is 2.27 bits per heavy atom. The lowest BCUT2D eigenvalue weighted by molar-refractivity contribution is -0.155. The number of oxazole rings is 1. The molecule has 0 radical (unpaired) electrons. The molecule has 1 aromatic heterocycles. The number of carbonyl (C=O) groups excluding carboxylic acids is 2. The van der Waals surface area contributed by atoms with Crippen LogP contribution in [0.1, 0.15) is 63.8 Å². The quantitative estimate of drug-likeness (QED) is 0.832. The molecule has 1 saturated carbocycles. The maximum absolute atomic E-state index is 12.6. The minimum absolute atomic E-state index is 0.0700. The summed E-state index contributed by atoms with van der Waals surface area (Å²) < 4.78 is 5.46. The van der Waals surface area contributed by atoms with Crippen molar-refractivity contribution in [2.24, 2.45) is 16.7 Å². The minimum Gasteiger partial charge on any atom is -0.448 e. The van der Waals surface area contributed by atoms with Crippen LogP contribution in [0.3, 0.4) is 0 Å². The van der Waals surface area contributed by atoms with Crippen LogP contribution in [0, 0.1) is 16.7 Å². The van der Waals surface area contributed by atoms with E-state index in [-0.39, 0.29) is 22.6 Å². The fraction of sp³-hybridized carbons (Fsp3) is 0.750. The van der Waals surface area contributed by atoms with Gasteiger partial charge in [-0.1, -0.05) is 34.6 Å². The van der Waals surface area contributed by atoms with Gasteiger partial charge < -0.3 is 14.2 Å². The smallest absolute Gasteiger partial charge is 0.275 e. The van der Waals surface area contributed by atoms with E-state index in [1.165, 1.54) is 6.26 Å². The van der Waals surface area contributed by atoms with Gasteiger partial charge in [0.15, 0.2) is 11.6 Å². The first-order valence-electron chi connectivity index (χ1n) is 9.52. The Morgan fingerprint density at radius 1 is 1.19 bits per heavy atom. The van der Waals surface area contributed by atoms with Gasteiger partial charge in [0, 0.05) is 43.4 Å². The molecule has 142 valence electrons. The molecule has 3 fully saturated rings. The van der Waals surface area contributed by atoms with Gasteiger partial charge in [-0.2, -0.15) is 0 Å². The maximum atomic E-state index is 12.6. The van der Waals surface area contributed by atoms with E-state index in [1.54, 1.807) is 0 Å². The van der Waals surface area contributed by atoms with E-state index in [9.17, 15) is 9.59 Å². The van der Waals surface area contributed by atoms with E-state index in [0.29, 0.717) is 42.4 Å². The summed E-state index contributed by atoms with van der Waals surface area (Å²) in [5.74, 6) is 1.34. The number of amides is 2. The van der Waals surface area contributed by atoms with Crippen LogP contribution in [0.15, 0.2) is 10.7 Å². The first-order chi connectivity index (χ1) is 12.0. The lowest BCUT2D eigenvalue weighted by atomic mass is 9.72. The monoisotopic (exact) mass is 359 g/mol. The van der Waals surface area contributed by atoms with Gasteiger partial charge in [-0.25, -0.2) is 4.98 Å². The second kappa shape index (κ2) is 5.33. The van der Waals surface area contributed by atoms with Crippen LogP contribution < -0.4 is 0 Å². The minimum atomic E-state index is -0.209. The molecule has 0 bridgehead atoms. The van der Waals surface area contributed by atoms with Gasteiger partial charge in [-0.15, -0.1) is 0 Å². The van der Waals surface area contributed by atoms with Gasteiger partial charge in [0.25, 0.3) is 5.91 Å². The molecule has 0 aromatic carbocycles. The number of aromatic nitrogens is 1. The molecule has 4 rings (SSSR count). The van der Waals surface area contributed by atoms with Crippen molar-refractivity contribution < 1.29 is 14.0 Å². The van der Waals surface area contributed by atoms with Gasteiger partial charge >= 0.3 is 0 Å². The highest BCUT2D eigenvalue weighted by molar-refractivity contribution is 5.93. The Labute approximate surface area is 154 Å². The van der Waals surface area contributed by atoms with Crippen LogP contribution in [-0.4, -0.2) is 52.8 Å². The highest BCUT2D eigenvalue weighted by Gasteiger charge is 2.56. The molecule has 1 aliphatic carbocycles. The molecular weight excluding hydrogens is 330 g/mol. The Hall–Kier alpha value is -1.85. The predicted octanol–water partition coefficient (Wildman–Crippen LogP) is 2.69. The highest BCUT2D eigenvalue weighted by Crippen LogP contribution is 2.54. The summed E-state index contributed by atoms with van der Waals surface area (Å²) in [4.78, 5) is 33.0. The second-order valence-electron chi connectivity index (χ2n) is 10.3. The normalized spacial score (nSPS) is 25.7. The molecule has 1 spiro atoms. The SMILES string of the molecule is CC(C)(C)c1nc(C(=O)N2CC3(CN(C(=O)CC4CC4(C)C)C3)C2)co1. The number of hydrogen-bond acceptors (Lipinski definition) is 4. The fourth-order valence-electron chi connectivity index (χ4n) is 4.19. The van der Waals surface area contributed by atoms with E-state index < -0.39 is 0 Å². The van der Waals surface area contributed by atoms with Gasteiger partial charge in [-0.3, -0.25) is 9.59 Å². The second-order valence-corrected chi connectivity index (χ2v) is 10.3. The summed E-state index contributed by atoms with van der Waals surface area (Å²) >= 11 is 0. The van der Waals surface area contributed by atoms with Gasteiger partial charge in [0.05, 0.1) is 0 Å². The largest absolute Gasteiger partial charge is 0.448 e. The highest BCUT2D eigenvalue weighted by atomic mass is 16.3. The summed E-state index contributed by atoms with van der Waals surface area (Å²) in [7, 11) is 0. The third kappa shape index (κ3) is 2.93. The first kappa shape index (κ1) is 17.6. The third-order valence-corrected chi connectivity index (χ3v) is 6.25. The zero-order chi connectivity index (χ0) is 18.9. The molecule has 2 amide bonds. The molecule has 2 aliphatic heterocycles. The molecule has 3 aliphatic rings. The Kier molecular flexibility index (Phi) is 3.60. The van der Waals surface area contributed by atoms with Crippen LogP contribution in [0.25, 0.3) is 0 Å².